The lowest BCUT2D eigenvalue weighted by atomic mass is 10.2. The van der Waals surface area contributed by atoms with Crippen LogP contribution in [-0.2, 0) is 12.8 Å². The third-order valence-electron chi connectivity index (χ3n) is 2.39. The van der Waals surface area contributed by atoms with Gasteiger partial charge in [0.25, 0.3) is 0 Å². The van der Waals surface area contributed by atoms with Gasteiger partial charge in [-0.15, -0.1) is 11.3 Å². The number of nitrogens with zero attached hydrogens (tertiary/aromatic N) is 2. The van der Waals surface area contributed by atoms with Crippen LogP contribution < -0.4 is 0 Å². The SMILES string of the molecule is CCc1nc(-c2cncc(F)c2)sc1CC. The molecule has 2 aromatic heterocycles. The van der Waals surface area contributed by atoms with Crippen LogP contribution in [0.4, 0.5) is 4.39 Å². The number of aromatic nitrogens is 2. The summed E-state index contributed by atoms with van der Waals surface area (Å²) in [5, 5.41) is 0.862. The van der Waals surface area contributed by atoms with E-state index in [-0.39, 0.29) is 5.82 Å². The molecule has 0 atom stereocenters. The van der Waals surface area contributed by atoms with Gasteiger partial charge in [0.2, 0.25) is 0 Å². The van der Waals surface area contributed by atoms with E-state index in [1.807, 2.05) is 0 Å². The van der Waals surface area contributed by atoms with Crippen molar-refractivity contribution in [2.24, 2.45) is 0 Å². The minimum Gasteiger partial charge on any atom is -0.261 e. The summed E-state index contributed by atoms with van der Waals surface area (Å²) in [6.07, 6.45) is 4.76. The number of pyridine rings is 1. The summed E-state index contributed by atoms with van der Waals surface area (Å²) in [6, 6.07) is 1.48. The summed E-state index contributed by atoms with van der Waals surface area (Å²) >= 11 is 1.63. The van der Waals surface area contributed by atoms with Gasteiger partial charge in [0, 0.05) is 16.6 Å². The fraction of sp³-hybridized carbons (Fsp3) is 0.333. The first-order valence-electron chi connectivity index (χ1n) is 5.34. The molecule has 2 nitrogen and oxygen atoms in total. The van der Waals surface area contributed by atoms with Gasteiger partial charge >= 0.3 is 0 Å². The Kier molecular flexibility index (Phi) is 3.29. The molecule has 0 saturated carbocycles. The monoisotopic (exact) mass is 236 g/mol. The molecule has 0 amide bonds. The van der Waals surface area contributed by atoms with Crippen molar-refractivity contribution < 1.29 is 4.39 Å². The van der Waals surface area contributed by atoms with Gasteiger partial charge in [-0.25, -0.2) is 9.37 Å². The molecule has 0 aliphatic rings. The molecule has 2 aromatic rings. The minimum absolute atomic E-state index is 0.316. The molecule has 0 radical (unpaired) electrons. The normalized spacial score (nSPS) is 10.7. The van der Waals surface area contributed by atoms with E-state index in [0.717, 1.165) is 29.1 Å². The van der Waals surface area contributed by atoms with Crippen LogP contribution in [0.25, 0.3) is 10.6 Å². The summed E-state index contributed by atoms with van der Waals surface area (Å²) in [5.74, 6) is -0.316. The average molecular weight is 236 g/mol. The molecule has 2 heterocycles. The first-order chi connectivity index (χ1) is 7.74. The van der Waals surface area contributed by atoms with Crippen molar-refractivity contribution in [3.05, 3.63) is 34.8 Å². The summed E-state index contributed by atoms with van der Waals surface area (Å²) in [6.45, 7) is 4.20. The van der Waals surface area contributed by atoms with Gasteiger partial charge in [-0.05, 0) is 18.9 Å². The molecule has 0 aliphatic heterocycles. The Bertz CT molecular complexity index is 472. The van der Waals surface area contributed by atoms with Crippen LogP contribution in [0.15, 0.2) is 18.5 Å². The number of thiazole rings is 1. The number of aryl methyl sites for hydroxylation is 2. The molecule has 0 bridgehead atoms. The molecular formula is C12H13FN2S. The van der Waals surface area contributed by atoms with E-state index in [0.29, 0.717) is 0 Å². The molecule has 0 aliphatic carbocycles. The largest absolute Gasteiger partial charge is 0.261 e. The molecule has 0 spiro atoms. The summed E-state index contributed by atoms with van der Waals surface area (Å²) in [7, 11) is 0. The first-order valence-corrected chi connectivity index (χ1v) is 6.15. The zero-order valence-corrected chi connectivity index (χ0v) is 10.1. The summed E-state index contributed by atoms with van der Waals surface area (Å²) < 4.78 is 13.0. The predicted molar refractivity (Wildman–Crippen MR) is 64.1 cm³/mol. The number of hydrogen-bond acceptors (Lipinski definition) is 3. The molecule has 0 unspecified atom stereocenters. The maximum atomic E-state index is 13.0. The third-order valence-corrected chi connectivity index (χ3v) is 3.68. The second-order valence-corrected chi connectivity index (χ2v) is 4.57. The number of hydrogen-bond donors (Lipinski definition) is 0. The van der Waals surface area contributed by atoms with Gasteiger partial charge in [0.1, 0.15) is 10.8 Å². The van der Waals surface area contributed by atoms with Crippen LogP contribution in [0, 0.1) is 5.82 Å². The van der Waals surface area contributed by atoms with Crippen molar-refractivity contribution in [1.29, 1.82) is 0 Å². The van der Waals surface area contributed by atoms with E-state index in [9.17, 15) is 4.39 Å². The highest BCUT2D eigenvalue weighted by Crippen LogP contribution is 2.28. The standard InChI is InChI=1S/C12H13FN2S/c1-3-10-11(4-2)16-12(15-10)8-5-9(13)7-14-6-8/h5-7H,3-4H2,1-2H3. The van der Waals surface area contributed by atoms with Crippen LogP contribution >= 0.6 is 11.3 Å². The van der Waals surface area contributed by atoms with Gasteiger partial charge in [0.05, 0.1) is 11.9 Å². The second-order valence-electron chi connectivity index (χ2n) is 3.49. The Morgan fingerprint density at radius 1 is 1.25 bits per heavy atom. The van der Waals surface area contributed by atoms with Crippen LogP contribution in [0.3, 0.4) is 0 Å². The molecule has 0 N–H and O–H groups in total. The maximum absolute atomic E-state index is 13.0. The Balaban J connectivity index is 2.44. The fourth-order valence-electron chi connectivity index (χ4n) is 1.59. The van der Waals surface area contributed by atoms with Crippen LogP contribution in [-0.4, -0.2) is 9.97 Å². The van der Waals surface area contributed by atoms with E-state index < -0.39 is 0 Å². The fourth-order valence-corrected chi connectivity index (χ4v) is 2.66. The zero-order valence-electron chi connectivity index (χ0n) is 9.33. The minimum atomic E-state index is -0.316. The third kappa shape index (κ3) is 2.11. The highest BCUT2D eigenvalue weighted by molar-refractivity contribution is 7.15. The van der Waals surface area contributed by atoms with Crippen LogP contribution in [0.2, 0.25) is 0 Å². The van der Waals surface area contributed by atoms with Gasteiger partial charge in [-0.1, -0.05) is 13.8 Å². The molecule has 2 rings (SSSR count). The van der Waals surface area contributed by atoms with Crippen molar-refractivity contribution >= 4 is 11.3 Å². The second kappa shape index (κ2) is 4.70. The van der Waals surface area contributed by atoms with Crippen molar-refractivity contribution in [3.8, 4) is 10.6 Å². The lowest BCUT2D eigenvalue weighted by molar-refractivity contribution is 0.622. The van der Waals surface area contributed by atoms with Crippen LogP contribution in [0.1, 0.15) is 24.4 Å². The average Bonchev–Trinajstić information content (AvgIpc) is 2.72. The van der Waals surface area contributed by atoms with Crippen molar-refractivity contribution in [1.82, 2.24) is 9.97 Å². The Morgan fingerprint density at radius 2 is 2.06 bits per heavy atom. The quantitative estimate of drug-likeness (QED) is 0.815. The predicted octanol–water partition coefficient (Wildman–Crippen LogP) is 3.47. The van der Waals surface area contributed by atoms with Crippen molar-refractivity contribution in [2.75, 3.05) is 0 Å². The van der Waals surface area contributed by atoms with E-state index in [1.54, 1.807) is 17.5 Å². The smallest absolute Gasteiger partial charge is 0.142 e. The number of rotatable bonds is 3. The molecule has 0 aromatic carbocycles. The zero-order chi connectivity index (χ0) is 11.5. The number of halogens is 1. The maximum Gasteiger partial charge on any atom is 0.142 e. The van der Waals surface area contributed by atoms with E-state index in [2.05, 4.69) is 23.8 Å². The summed E-state index contributed by atoms with van der Waals surface area (Å²) in [4.78, 5) is 9.64. The van der Waals surface area contributed by atoms with Crippen molar-refractivity contribution in [3.63, 3.8) is 0 Å². The lowest BCUT2D eigenvalue weighted by Gasteiger charge is -1.94. The Hall–Kier alpha value is -1.29. The highest BCUT2D eigenvalue weighted by Gasteiger charge is 2.10. The highest BCUT2D eigenvalue weighted by atomic mass is 32.1. The molecule has 0 saturated heterocycles. The van der Waals surface area contributed by atoms with E-state index >= 15 is 0 Å². The van der Waals surface area contributed by atoms with Gasteiger partial charge in [-0.3, -0.25) is 4.98 Å². The van der Waals surface area contributed by atoms with Gasteiger partial charge in [0.15, 0.2) is 0 Å². The molecule has 84 valence electrons. The summed E-state index contributed by atoms with van der Waals surface area (Å²) in [5.41, 5.74) is 1.88. The first kappa shape index (κ1) is 11.2. The molecule has 4 heteroatoms. The van der Waals surface area contributed by atoms with Crippen LogP contribution in [0.5, 0.6) is 0 Å². The molecular weight excluding hydrogens is 223 g/mol. The molecule has 16 heavy (non-hydrogen) atoms. The van der Waals surface area contributed by atoms with E-state index in [1.165, 1.54) is 17.1 Å². The Morgan fingerprint density at radius 3 is 2.62 bits per heavy atom. The topological polar surface area (TPSA) is 25.8 Å². The van der Waals surface area contributed by atoms with Gasteiger partial charge in [-0.2, -0.15) is 0 Å². The van der Waals surface area contributed by atoms with Crippen molar-refractivity contribution in [2.45, 2.75) is 26.7 Å². The Labute approximate surface area is 98.2 Å². The molecule has 0 fully saturated rings. The van der Waals surface area contributed by atoms with Gasteiger partial charge < -0.3 is 0 Å². The van der Waals surface area contributed by atoms with E-state index in [4.69, 9.17) is 0 Å². The lowest BCUT2D eigenvalue weighted by Crippen LogP contribution is -1.86.